The van der Waals surface area contributed by atoms with Crippen molar-refractivity contribution in [3.63, 3.8) is 0 Å². The van der Waals surface area contributed by atoms with Crippen LogP contribution < -0.4 is 5.32 Å². The molecule has 3 amide bonds. The van der Waals surface area contributed by atoms with Crippen LogP contribution in [0.1, 0.15) is 39.0 Å². The van der Waals surface area contributed by atoms with Crippen LogP contribution in [0, 0.1) is 0 Å². The van der Waals surface area contributed by atoms with Gasteiger partial charge in [0.1, 0.15) is 12.6 Å². The summed E-state index contributed by atoms with van der Waals surface area (Å²) in [4.78, 5) is 38.6. The Labute approximate surface area is 124 Å². The van der Waals surface area contributed by atoms with Crippen LogP contribution in [0.5, 0.6) is 0 Å². The first-order valence-electron chi connectivity index (χ1n) is 7.61. The lowest BCUT2D eigenvalue weighted by Crippen LogP contribution is -2.62. The minimum absolute atomic E-state index is 0.0233. The average molecular weight is 297 g/mol. The molecule has 0 saturated carbocycles. The Morgan fingerprint density at radius 2 is 2.05 bits per heavy atom. The Balaban J connectivity index is 2.17. The lowest BCUT2D eigenvalue weighted by molar-refractivity contribution is -0.144. The number of nitrogens with one attached hydrogen (secondary N) is 1. The van der Waals surface area contributed by atoms with Gasteiger partial charge in [0.2, 0.25) is 5.91 Å². The molecule has 21 heavy (non-hydrogen) atoms. The van der Waals surface area contributed by atoms with Crippen molar-refractivity contribution in [2.24, 2.45) is 0 Å². The number of likely N-dealkylation sites (tertiary alicyclic amines) is 1. The van der Waals surface area contributed by atoms with Crippen molar-refractivity contribution < 1.29 is 19.5 Å². The molecule has 0 aromatic heterocycles. The van der Waals surface area contributed by atoms with E-state index in [1.165, 1.54) is 4.90 Å². The molecule has 2 unspecified atom stereocenters. The van der Waals surface area contributed by atoms with Gasteiger partial charge in [-0.2, -0.15) is 0 Å². The molecule has 2 N–H and O–H groups in total. The quantitative estimate of drug-likeness (QED) is 0.783. The Morgan fingerprint density at radius 1 is 1.29 bits per heavy atom. The van der Waals surface area contributed by atoms with E-state index in [-0.39, 0.29) is 31.1 Å². The smallest absolute Gasteiger partial charge is 0.328 e. The van der Waals surface area contributed by atoms with E-state index in [0.717, 1.165) is 32.1 Å². The predicted molar refractivity (Wildman–Crippen MR) is 75.8 cm³/mol. The van der Waals surface area contributed by atoms with Gasteiger partial charge in [-0.25, -0.2) is 9.59 Å². The molecule has 0 aromatic rings. The van der Waals surface area contributed by atoms with Crippen LogP contribution >= 0.6 is 0 Å². The summed E-state index contributed by atoms with van der Waals surface area (Å²) in [7, 11) is 0. The third-order valence-corrected chi connectivity index (χ3v) is 4.31. The van der Waals surface area contributed by atoms with Gasteiger partial charge >= 0.3 is 12.0 Å². The number of nitrogens with zero attached hydrogens (tertiary/aromatic N) is 2. The van der Waals surface area contributed by atoms with E-state index < -0.39 is 12.0 Å². The van der Waals surface area contributed by atoms with Crippen molar-refractivity contribution in [1.29, 1.82) is 0 Å². The average Bonchev–Trinajstić information content (AvgIpc) is 2.71. The predicted octanol–water partition coefficient (Wildman–Crippen LogP) is 0.646. The van der Waals surface area contributed by atoms with Crippen LogP contribution in [-0.2, 0) is 9.59 Å². The Kier molecular flexibility index (Phi) is 5.03. The highest BCUT2D eigenvalue weighted by molar-refractivity contribution is 5.90. The second-order valence-electron chi connectivity index (χ2n) is 5.67. The first kappa shape index (κ1) is 15.6. The number of carboxylic acids is 1. The molecular weight excluding hydrogens is 274 g/mol. The molecule has 0 spiro atoms. The van der Waals surface area contributed by atoms with E-state index in [1.54, 1.807) is 4.90 Å². The molecule has 0 aromatic carbocycles. The monoisotopic (exact) mass is 297 g/mol. The summed E-state index contributed by atoms with van der Waals surface area (Å²) < 4.78 is 0. The van der Waals surface area contributed by atoms with Crippen molar-refractivity contribution >= 4 is 17.9 Å². The van der Waals surface area contributed by atoms with Crippen molar-refractivity contribution in [3.05, 3.63) is 0 Å². The molecule has 7 nitrogen and oxygen atoms in total. The van der Waals surface area contributed by atoms with Crippen molar-refractivity contribution in [2.45, 2.75) is 51.1 Å². The number of amides is 3. The molecule has 118 valence electrons. The third kappa shape index (κ3) is 3.46. The van der Waals surface area contributed by atoms with Crippen LogP contribution in [0.25, 0.3) is 0 Å². The van der Waals surface area contributed by atoms with E-state index in [2.05, 4.69) is 5.32 Å². The lowest BCUT2D eigenvalue weighted by atomic mass is 10.1. The first-order valence-corrected chi connectivity index (χ1v) is 7.61. The lowest BCUT2D eigenvalue weighted by Gasteiger charge is -2.39. The molecule has 2 aliphatic rings. The standard InChI is InChI=1S/C14H23N3O4/c1-2-10-6-4-3-5-7-16(10)14(21)17-9-12(18)15-8-11(17)13(19)20/h10-11H,2-9H2,1H3,(H,15,18)(H,19,20). The van der Waals surface area contributed by atoms with Gasteiger partial charge in [-0.3, -0.25) is 9.69 Å². The van der Waals surface area contributed by atoms with Gasteiger partial charge in [-0.1, -0.05) is 19.8 Å². The molecule has 2 heterocycles. The molecule has 2 saturated heterocycles. The van der Waals surface area contributed by atoms with Gasteiger partial charge in [-0.05, 0) is 19.3 Å². The summed E-state index contributed by atoms with van der Waals surface area (Å²) in [5, 5.41) is 11.8. The molecule has 2 atom stereocenters. The Hall–Kier alpha value is -1.79. The largest absolute Gasteiger partial charge is 0.480 e. The topological polar surface area (TPSA) is 90.0 Å². The van der Waals surface area contributed by atoms with Gasteiger partial charge in [-0.15, -0.1) is 0 Å². The molecule has 0 aliphatic carbocycles. The number of hydrogen-bond acceptors (Lipinski definition) is 3. The van der Waals surface area contributed by atoms with E-state index >= 15 is 0 Å². The molecular formula is C14H23N3O4. The van der Waals surface area contributed by atoms with Gasteiger partial charge in [0.05, 0.1) is 0 Å². The molecule has 2 aliphatic heterocycles. The van der Waals surface area contributed by atoms with E-state index in [9.17, 15) is 19.5 Å². The Bertz CT molecular complexity index is 426. The zero-order valence-electron chi connectivity index (χ0n) is 12.4. The number of urea groups is 1. The summed E-state index contributed by atoms with van der Waals surface area (Å²) in [5.41, 5.74) is 0. The van der Waals surface area contributed by atoms with Crippen LogP contribution in [0.2, 0.25) is 0 Å². The fraction of sp³-hybridized carbons (Fsp3) is 0.786. The molecule has 7 heteroatoms. The summed E-state index contributed by atoms with van der Waals surface area (Å²) in [5.74, 6) is -1.38. The van der Waals surface area contributed by atoms with Gasteiger partial charge < -0.3 is 15.3 Å². The number of aliphatic carboxylic acids is 1. The van der Waals surface area contributed by atoms with Crippen LogP contribution in [0.15, 0.2) is 0 Å². The van der Waals surface area contributed by atoms with Crippen LogP contribution in [0.4, 0.5) is 4.79 Å². The highest BCUT2D eigenvalue weighted by atomic mass is 16.4. The van der Waals surface area contributed by atoms with E-state index in [0.29, 0.717) is 6.54 Å². The SMILES string of the molecule is CCC1CCCCCN1C(=O)N1CC(=O)NCC1C(=O)O. The maximum absolute atomic E-state index is 12.7. The second kappa shape index (κ2) is 6.78. The maximum atomic E-state index is 12.7. The normalized spacial score (nSPS) is 27.0. The highest BCUT2D eigenvalue weighted by Crippen LogP contribution is 2.21. The summed E-state index contributed by atoms with van der Waals surface area (Å²) in [6.07, 6.45) is 4.90. The van der Waals surface area contributed by atoms with Gasteiger partial charge in [0.15, 0.2) is 0 Å². The zero-order chi connectivity index (χ0) is 15.4. The van der Waals surface area contributed by atoms with Gasteiger partial charge in [0, 0.05) is 19.1 Å². The highest BCUT2D eigenvalue weighted by Gasteiger charge is 2.38. The number of piperazine rings is 1. The fourth-order valence-corrected chi connectivity index (χ4v) is 3.08. The maximum Gasteiger partial charge on any atom is 0.328 e. The van der Waals surface area contributed by atoms with Crippen LogP contribution in [0.3, 0.4) is 0 Å². The van der Waals surface area contributed by atoms with Gasteiger partial charge in [0.25, 0.3) is 0 Å². The molecule has 2 rings (SSSR count). The fourth-order valence-electron chi connectivity index (χ4n) is 3.08. The summed E-state index contributed by atoms with van der Waals surface area (Å²) in [6, 6.07) is -1.15. The van der Waals surface area contributed by atoms with Crippen molar-refractivity contribution in [3.8, 4) is 0 Å². The third-order valence-electron chi connectivity index (χ3n) is 4.31. The molecule has 0 radical (unpaired) electrons. The second-order valence-corrected chi connectivity index (χ2v) is 5.67. The minimum Gasteiger partial charge on any atom is -0.480 e. The van der Waals surface area contributed by atoms with E-state index in [1.807, 2.05) is 6.92 Å². The first-order chi connectivity index (χ1) is 10.0. The molecule has 0 bridgehead atoms. The number of hydrogen-bond donors (Lipinski definition) is 2. The van der Waals surface area contributed by atoms with Crippen molar-refractivity contribution in [2.75, 3.05) is 19.6 Å². The minimum atomic E-state index is -1.08. The summed E-state index contributed by atoms with van der Waals surface area (Å²) >= 11 is 0. The molecule has 2 fully saturated rings. The Morgan fingerprint density at radius 3 is 2.71 bits per heavy atom. The number of rotatable bonds is 2. The van der Waals surface area contributed by atoms with Crippen LogP contribution in [-0.4, -0.2) is 64.5 Å². The number of carbonyl (C=O) groups is 3. The number of carboxylic acid groups (broad SMARTS) is 1. The van der Waals surface area contributed by atoms with E-state index in [4.69, 9.17) is 0 Å². The number of carbonyl (C=O) groups excluding carboxylic acids is 2. The van der Waals surface area contributed by atoms with Crippen molar-refractivity contribution in [1.82, 2.24) is 15.1 Å². The summed E-state index contributed by atoms with van der Waals surface area (Å²) in [6.45, 7) is 2.48. The zero-order valence-corrected chi connectivity index (χ0v) is 12.4.